The van der Waals surface area contributed by atoms with E-state index in [-0.39, 0.29) is 11.9 Å². The van der Waals surface area contributed by atoms with Crippen LogP contribution < -0.4 is 10.6 Å². The van der Waals surface area contributed by atoms with Gasteiger partial charge in [-0.05, 0) is 60.2 Å². The third-order valence-corrected chi connectivity index (χ3v) is 6.02. The lowest BCUT2D eigenvalue weighted by Crippen LogP contribution is -2.38. The molecule has 1 unspecified atom stereocenters. The summed E-state index contributed by atoms with van der Waals surface area (Å²) in [4.78, 5) is 12.7. The number of rotatable bonds is 8. The fourth-order valence-electron chi connectivity index (χ4n) is 3.72. The summed E-state index contributed by atoms with van der Waals surface area (Å²) < 4.78 is 38.6. The Labute approximate surface area is 197 Å². The third kappa shape index (κ3) is 6.59. The van der Waals surface area contributed by atoms with Crippen molar-refractivity contribution in [2.24, 2.45) is 0 Å². The molecular weight excluding hydrogens is 449 g/mol. The van der Waals surface area contributed by atoms with Crippen LogP contribution in [-0.4, -0.2) is 13.0 Å². The van der Waals surface area contributed by atoms with Crippen molar-refractivity contribution in [3.05, 3.63) is 106 Å². The monoisotopic (exact) mass is 474 g/mol. The molecule has 0 saturated heterocycles. The number of likely N-dealkylation sites (N-methyl/N-ethyl adjacent to an activating group) is 1. The molecule has 0 aliphatic heterocycles. The molecule has 1 amide bonds. The average molecular weight is 475 g/mol. The van der Waals surface area contributed by atoms with Gasteiger partial charge in [-0.1, -0.05) is 66.2 Å². The number of carbonyl (C=O) groups excluding carboxylic acids is 1. The number of aryl methyl sites for hydroxylation is 2. The number of amides is 1. The Bertz CT molecular complexity index is 1070. The molecule has 3 nitrogen and oxygen atoms in total. The maximum atomic E-state index is 12.9. The van der Waals surface area contributed by atoms with Crippen LogP contribution in [0.1, 0.15) is 46.3 Å². The zero-order chi connectivity index (χ0) is 24.0. The highest BCUT2D eigenvalue weighted by atomic mass is 35.5. The van der Waals surface area contributed by atoms with E-state index in [1.165, 1.54) is 12.1 Å². The normalized spacial score (nSPS) is 13.4. The molecule has 0 aliphatic rings. The van der Waals surface area contributed by atoms with Crippen LogP contribution in [0.25, 0.3) is 0 Å². The van der Waals surface area contributed by atoms with Gasteiger partial charge in [0.1, 0.15) is 6.04 Å². The quantitative estimate of drug-likeness (QED) is 0.395. The predicted molar refractivity (Wildman–Crippen MR) is 125 cm³/mol. The second-order valence-electron chi connectivity index (χ2n) is 7.92. The maximum absolute atomic E-state index is 12.9. The van der Waals surface area contributed by atoms with Gasteiger partial charge >= 0.3 is 6.18 Å². The average Bonchev–Trinajstić information content (AvgIpc) is 2.81. The summed E-state index contributed by atoms with van der Waals surface area (Å²) in [6.07, 6.45) is -3.25. The number of halogens is 4. The molecule has 2 N–H and O–H groups in total. The van der Waals surface area contributed by atoms with Crippen molar-refractivity contribution in [3.63, 3.8) is 0 Å². The fraction of sp³-hybridized carbons (Fsp3) is 0.269. The van der Waals surface area contributed by atoms with E-state index in [9.17, 15) is 18.0 Å². The second kappa shape index (κ2) is 10.9. The number of carbonyl (C=O) groups is 1. The first-order chi connectivity index (χ1) is 15.7. The maximum Gasteiger partial charge on any atom is 0.416 e. The van der Waals surface area contributed by atoms with Crippen LogP contribution in [0.5, 0.6) is 0 Å². The van der Waals surface area contributed by atoms with E-state index in [0.717, 1.165) is 34.4 Å². The Morgan fingerprint density at radius 2 is 1.64 bits per heavy atom. The molecule has 0 saturated carbocycles. The number of hydrogen-bond donors (Lipinski definition) is 2. The number of benzene rings is 3. The van der Waals surface area contributed by atoms with Gasteiger partial charge in [0.25, 0.3) is 0 Å². The van der Waals surface area contributed by atoms with Gasteiger partial charge in [-0.2, -0.15) is 13.2 Å². The molecule has 0 aliphatic carbocycles. The predicted octanol–water partition coefficient (Wildman–Crippen LogP) is 6.42. The van der Waals surface area contributed by atoms with Crippen LogP contribution in [0.15, 0.2) is 72.8 Å². The molecule has 3 rings (SSSR count). The Hall–Kier alpha value is -2.83. The Balaban J connectivity index is 1.87. The van der Waals surface area contributed by atoms with Crippen LogP contribution in [-0.2, 0) is 17.4 Å². The van der Waals surface area contributed by atoms with E-state index in [4.69, 9.17) is 11.6 Å². The lowest BCUT2D eigenvalue weighted by Gasteiger charge is -2.26. The summed E-state index contributed by atoms with van der Waals surface area (Å²) >= 11 is 6.21. The second-order valence-corrected chi connectivity index (χ2v) is 8.33. The van der Waals surface area contributed by atoms with Gasteiger partial charge in [0.15, 0.2) is 0 Å². The van der Waals surface area contributed by atoms with Gasteiger partial charge in [-0.25, -0.2) is 0 Å². The minimum atomic E-state index is -4.36. The van der Waals surface area contributed by atoms with Gasteiger partial charge in [-0.15, -0.1) is 0 Å². The highest BCUT2D eigenvalue weighted by Gasteiger charge is 2.30. The first-order valence-electron chi connectivity index (χ1n) is 10.6. The first-order valence-corrected chi connectivity index (χ1v) is 11.0. The molecule has 0 spiro atoms. The highest BCUT2D eigenvalue weighted by molar-refractivity contribution is 6.31. The Morgan fingerprint density at radius 3 is 2.21 bits per heavy atom. The zero-order valence-electron chi connectivity index (χ0n) is 18.4. The number of nitrogens with one attached hydrogen (secondary N) is 2. The molecule has 33 heavy (non-hydrogen) atoms. The van der Waals surface area contributed by atoms with E-state index in [2.05, 4.69) is 10.6 Å². The fourth-order valence-corrected chi connectivity index (χ4v) is 3.83. The minimum absolute atomic E-state index is 0.175. The largest absolute Gasteiger partial charge is 0.416 e. The summed E-state index contributed by atoms with van der Waals surface area (Å²) in [5, 5.41) is 6.81. The van der Waals surface area contributed by atoms with Gasteiger partial charge in [0.2, 0.25) is 5.91 Å². The molecule has 0 heterocycles. The van der Waals surface area contributed by atoms with E-state index in [1.54, 1.807) is 7.05 Å². The lowest BCUT2D eigenvalue weighted by molar-refractivity contribution is -0.137. The summed E-state index contributed by atoms with van der Waals surface area (Å²) in [7, 11) is 1.59. The molecule has 0 aromatic heterocycles. The van der Waals surface area contributed by atoms with E-state index in [1.807, 2.05) is 55.5 Å². The molecular formula is C26H26ClF3N2O. The van der Waals surface area contributed by atoms with Crippen LogP contribution in [0.3, 0.4) is 0 Å². The highest BCUT2D eigenvalue weighted by Crippen LogP contribution is 2.30. The first kappa shape index (κ1) is 24.8. The van der Waals surface area contributed by atoms with Crippen molar-refractivity contribution in [1.82, 2.24) is 10.6 Å². The van der Waals surface area contributed by atoms with Crippen molar-refractivity contribution in [2.45, 2.75) is 38.0 Å². The summed E-state index contributed by atoms with van der Waals surface area (Å²) in [5.74, 6) is -0.175. The summed E-state index contributed by atoms with van der Waals surface area (Å²) in [6, 6.07) is 19.5. The Morgan fingerprint density at radius 1 is 0.970 bits per heavy atom. The molecule has 0 radical (unpaired) electrons. The van der Waals surface area contributed by atoms with Crippen molar-refractivity contribution in [2.75, 3.05) is 7.05 Å². The van der Waals surface area contributed by atoms with Crippen LogP contribution in [0, 0.1) is 6.92 Å². The third-order valence-electron chi connectivity index (χ3n) is 5.60. The lowest BCUT2D eigenvalue weighted by atomic mass is 9.95. The molecule has 0 fully saturated rings. The van der Waals surface area contributed by atoms with Crippen molar-refractivity contribution in [1.29, 1.82) is 0 Å². The summed E-state index contributed by atoms with van der Waals surface area (Å²) in [6.45, 7) is 1.91. The van der Waals surface area contributed by atoms with Gasteiger partial charge in [-0.3, -0.25) is 10.1 Å². The molecule has 3 aromatic rings. The minimum Gasteiger partial charge on any atom is -0.358 e. The van der Waals surface area contributed by atoms with Crippen molar-refractivity contribution >= 4 is 17.5 Å². The van der Waals surface area contributed by atoms with Crippen molar-refractivity contribution in [3.8, 4) is 0 Å². The Kier molecular flexibility index (Phi) is 8.16. The van der Waals surface area contributed by atoms with Gasteiger partial charge in [0, 0.05) is 18.1 Å². The number of alkyl halides is 3. The van der Waals surface area contributed by atoms with Crippen LogP contribution >= 0.6 is 11.6 Å². The van der Waals surface area contributed by atoms with Crippen LogP contribution in [0.4, 0.5) is 13.2 Å². The molecule has 174 valence electrons. The molecule has 2 atom stereocenters. The van der Waals surface area contributed by atoms with Gasteiger partial charge < -0.3 is 5.32 Å². The zero-order valence-corrected chi connectivity index (χ0v) is 19.2. The van der Waals surface area contributed by atoms with E-state index in [0.29, 0.717) is 17.9 Å². The summed E-state index contributed by atoms with van der Waals surface area (Å²) in [5.41, 5.74) is 2.80. The van der Waals surface area contributed by atoms with Gasteiger partial charge in [0.05, 0.1) is 5.56 Å². The SMILES string of the molecule is CNC(=O)C(N[C@@H](CCc1ccc(C(F)(F)F)cc1)c1ccc(Cl)c(C)c1)c1ccccc1. The number of hydrogen-bond acceptors (Lipinski definition) is 2. The standard InChI is InChI=1S/C26H26ClF3N2O/c1-17-16-20(11-14-22(17)27)23(15-10-18-8-12-21(13-9-18)26(28,29)30)32-24(25(33)31-2)19-6-4-3-5-7-19/h3-9,11-14,16,23-24,32H,10,15H2,1-2H3,(H,31,33)/t23-,24?/m0/s1. The topological polar surface area (TPSA) is 41.1 Å². The van der Waals surface area contributed by atoms with Crippen LogP contribution in [0.2, 0.25) is 5.02 Å². The van der Waals surface area contributed by atoms with E-state index >= 15 is 0 Å². The van der Waals surface area contributed by atoms with E-state index < -0.39 is 17.8 Å². The smallest absolute Gasteiger partial charge is 0.358 e. The molecule has 7 heteroatoms. The van der Waals surface area contributed by atoms with Crippen molar-refractivity contribution < 1.29 is 18.0 Å². The molecule has 0 bridgehead atoms. The molecule has 3 aromatic carbocycles.